The summed E-state index contributed by atoms with van der Waals surface area (Å²) in [4.78, 5) is 19.8. The lowest BCUT2D eigenvalue weighted by molar-refractivity contribution is -0.134. The molecule has 5 nitrogen and oxygen atoms in total. The van der Waals surface area contributed by atoms with Gasteiger partial charge in [0, 0.05) is 51.4 Å². The van der Waals surface area contributed by atoms with Gasteiger partial charge in [0.25, 0.3) is 0 Å². The smallest absolute Gasteiger partial charge is 0.244 e. The molecule has 3 unspecified atom stereocenters. The Labute approximate surface area is 182 Å². The average molecular weight is 431 g/mol. The van der Waals surface area contributed by atoms with E-state index in [0.717, 1.165) is 44.8 Å². The number of nitrogens with two attached hydrogens (primary N) is 1. The fourth-order valence-corrected chi connectivity index (χ4v) is 4.25. The summed E-state index contributed by atoms with van der Waals surface area (Å²) in [6, 6.07) is 8.83. The molecule has 1 amide bonds. The fraction of sp³-hybridized carbons (Fsp3) is 0.667. The maximum Gasteiger partial charge on any atom is 0.244 e. The summed E-state index contributed by atoms with van der Waals surface area (Å²) in [6.07, 6.45) is 2.64. The van der Waals surface area contributed by atoms with Crippen LogP contribution < -0.4 is 5.73 Å². The number of halogens is 2. The zero-order valence-corrected chi connectivity index (χ0v) is 19.0. The van der Waals surface area contributed by atoms with Gasteiger partial charge in [0.05, 0.1) is 0 Å². The molecule has 0 saturated carbocycles. The molecule has 3 atom stereocenters. The average Bonchev–Trinajstić information content (AvgIpc) is 2.98. The van der Waals surface area contributed by atoms with Crippen molar-refractivity contribution in [2.24, 2.45) is 5.73 Å². The molecule has 2 heterocycles. The van der Waals surface area contributed by atoms with Crippen molar-refractivity contribution in [3.05, 3.63) is 35.4 Å². The first-order valence-electron chi connectivity index (χ1n) is 10.0. The van der Waals surface area contributed by atoms with Gasteiger partial charge in [-0.2, -0.15) is 0 Å². The maximum absolute atomic E-state index is 12.7. The number of hydrogen-bond acceptors (Lipinski definition) is 4. The second-order valence-corrected chi connectivity index (χ2v) is 8.07. The Morgan fingerprint density at radius 3 is 2.07 bits per heavy atom. The molecular formula is C21H36Cl2N4O. The Hall–Kier alpha value is -0.850. The molecule has 2 aliphatic heterocycles. The number of carbonyl (C=O) groups is 1. The van der Waals surface area contributed by atoms with E-state index in [-0.39, 0.29) is 30.7 Å². The van der Waals surface area contributed by atoms with E-state index in [1.165, 1.54) is 18.4 Å². The predicted octanol–water partition coefficient (Wildman–Crippen LogP) is 2.86. The Morgan fingerprint density at radius 2 is 1.54 bits per heavy atom. The molecule has 1 aromatic carbocycles. The highest BCUT2D eigenvalue weighted by molar-refractivity contribution is 5.85. The van der Waals surface area contributed by atoms with E-state index in [2.05, 4.69) is 23.6 Å². The molecule has 160 valence electrons. The Kier molecular flexibility index (Phi) is 10.2. The van der Waals surface area contributed by atoms with Crippen LogP contribution in [0.15, 0.2) is 24.3 Å². The lowest BCUT2D eigenvalue weighted by Crippen LogP contribution is -2.52. The van der Waals surface area contributed by atoms with Gasteiger partial charge in [-0.3, -0.25) is 14.6 Å². The molecule has 28 heavy (non-hydrogen) atoms. The number of aryl methyl sites for hydroxylation is 1. The number of carbonyl (C=O) groups excluding carboxylic acids is 1. The van der Waals surface area contributed by atoms with E-state index in [1.807, 2.05) is 36.1 Å². The van der Waals surface area contributed by atoms with Crippen LogP contribution in [0.1, 0.15) is 43.9 Å². The highest BCUT2D eigenvalue weighted by atomic mass is 35.5. The molecule has 2 fully saturated rings. The third kappa shape index (κ3) is 6.07. The van der Waals surface area contributed by atoms with E-state index >= 15 is 0 Å². The molecule has 0 radical (unpaired) electrons. The minimum absolute atomic E-state index is 0. The minimum atomic E-state index is -0.548. The number of hydrogen-bond donors (Lipinski definition) is 1. The van der Waals surface area contributed by atoms with E-state index < -0.39 is 6.04 Å². The van der Waals surface area contributed by atoms with Gasteiger partial charge < -0.3 is 10.6 Å². The van der Waals surface area contributed by atoms with Crippen molar-refractivity contribution in [3.63, 3.8) is 0 Å². The molecular weight excluding hydrogens is 395 g/mol. The van der Waals surface area contributed by atoms with Crippen LogP contribution in [0.2, 0.25) is 0 Å². The second-order valence-electron chi connectivity index (χ2n) is 8.07. The van der Waals surface area contributed by atoms with Crippen molar-refractivity contribution >= 4 is 30.7 Å². The largest absolute Gasteiger partial charge is 0.338 e. The maximum atomic E-state index is 12.7. The summed E-state index contributed by atoms with van der Waals surface area (Å²) in [5.74, 6) is 0.0512. The fourth-order valence-electron chi connectivity index (χ4n) is 4.25. The predicted molar refractivity (Wildman–Crippen MR) is 120 cm³/mol. The Morgan fingerprint density at radius 1 is 1.00 bits per heavy atom. The van der Waals surface area contributed by atoms with E-state index in [0.29, 0.717) is 12.1 Å². The highest BCUT2D eigenvalue weighted by Crippen LogP contribution is 2.23. The lowest BCUT2D eigenvalue weighted by atomic mass is 10.0. The number of piperazine rings is 1. The van der Waals surface area contributed by atoms with Crippen molar-refractivity contribution < 1.29 is 4.79 Å². The number of benzene rings is 1. The second kappa shape index (κ2) is 11.4. The van der Waals surface area contributed by atoms with Gasteiger partial charge >= 0.3 is 0 Å². The monoisotopic (exact) mass is 430 g/mol. The SMILES string of the molecule is Cc1ccc(C(N)C(=O)N2CCN(CCN3C(C)CCC3C)CC2)cc1.Cl.Cl. The Balaban J connectivity index is 0.00000196. The first-order chi connectivity index (χ1) is 12.5. The number of rotatable bonds is 5. The number of amides is 1. The molecule has 0 aliphatic carbocycles. The summed E-state index contributed by atoms with van der Waals surface area (Å²) in [7, 11) is 0. The summed E-state index contributed by atoms with van der Waals surface area (Å²) in [5.41, 5.74) is 8.30. The topological polar surface area (TPSA) is 52.8 Å². The van der Waals surface area contributed by atoms with Crippen molar-refractivity contribution in [1.29, 1.82) is 0 Å². The Bertz CT molecular complexity index is 595. The molecule has 3 rings (SSSR count). The molecule has 7 heteroatoms. The molecule has 1 aromatic rings. The molecule has 0 spiro atoms. The molecule has 0 bridgehead atoms. The van der Waals surface area contributed by atoms with Gasteiger partial charge in [0.2, 0.25) is 5.91 Å². The van der Waals surface area contributed by atoms with E-state index in [4.69, 9.17) is 5.73 Å². The first-order valence-corrected chi connectivity index (χ1v) is 10.0. The summed E-state index contributed by atoms with van der Waals surface area (Å²) >= 11 is 0. The van der Waals surface area contributed by atoms with Crippen LogP contribution in [0.3, 0.4) is 0 Å². The van der Waals surface area contributed by atoms with Gasteiger partial charge in [0.1, 0.15) is 6.04 Å². The zero-order chi connectivity index (χ0) is 18.7. The normalized spacial score (nSPS) is 24.4. The zero-order valence-electron chi connectivity index (χ0n) is 17.3. The summed E-state index contributed by atoms with van der Waals surface area (Å²) in [6.45, 7) is 12.4. The highest BCUT2D eigenvalue weighted by Gasteiger charge is 2.29. The van der Waals surface area contributed by atoms with Crippen LogP contribution >= 0.6 is 24.8 Å². The van der Waals surface area contributed by atoms with Gasteiger partial charge in [0.15, 0.2) is 0 Å². The number of nitrogens with zero attached hydrogens (tertiary/aromatic N) is 3. The van der Waals surface area contributed by atoms with Crippen LogP contribution in [-0.4, -0.2) is 72.0 Å². The summed E-state index contributed by atoms with van der Waals surface area (Å²) < 4.78 is 0. The molecule has 2 saturated heterocycles. The lowest BCUT2D eigenvalue weighted by Gasteiger charge is -2.37. The number of likely N-dealkylation sites (tertiary alicyclic amines) is 1. The van der Waals surface area contributed by atoms with Crippen LogP contribution in [0.5, 0.6) is 0 Å². The first kappa shape index (κ1) is 25.2. The van der Waals surface area contributed by atoms with Crippen molar-refractivity contribution in [3.8, 4) is 0 Å². The van der Waals surface area contributed by atoms with Gasteiger partial charge in [-0.05, 0) is 39.2 Å². The molecule has 2 aliphatic rings. The quantitative estimate of drug-likeness (QED) is 0.779. The van der Waals surface area contributed by atoms with Crippen LogP contribution in [-0.2, 0) is 4.79 Å². The van der Waals surface area contributed by atoms with Crippen molar-refractivity contribution in [2.45, 2.75) is 51.7 Å². The van der Waals surface area contributed by atoms with Crippen molar-refractivity contribution in [2.75, 3.05) is 39.3 Å². The van der Waals surface area contributed by atoms with E-state index in [9.17, 15) is 4.79 Å². The molecule has 0 aromatic heterocycles. The van der Waals surface area contributed by atoms with Crippen LogP contribution in [0, 0.1) is 6.92 Å². The summed E-state index contributed by atoms with van der Waals surface area (Å²) in [5, 5.41) is 0. The van der Waals surface area contributed by atoms with Crippen LogP contribution in [0.25, 0.3) is 0 Å². The molecule has 2 N–H and O–H groups in total. The van der Waals surface area contributed by atoms with Gasteiger partial charge in [-0.15, -0.1) is 24.8 Å². The third-order valence-electron chi connectivity index (χ3n) is 6.20. The minimum Gasteiger partial charge on any atom is -0.338 e. The standard InChI is InChI=1S/C21H34N4O.2ClH/c1-16-4-8-19(9-5-16)20(22)21(26)24-13-10-23(11-14-24)12-15-25-17(2)6-7-18(25)3;;/h4-5,8-9,17-18,20H,6-7,10-15,22H2,1-3H3;2*1H. The van der Waals surface area contributed by atoms with Crippen LogP contribution in [0.4, 0.5) is 0 Å². The van der Waals surface area contributed by atoms with Gasteiger partial charge in [-0.1, -0.05) is 29.8 Å². The van der Waals surface area contributed by atoms with E-state index in [1.54, 1.807) is 0 Å². The van der Waals surface area contributed by atoms with Crippen molar-refractivity contribution in [1.82, 2.24) is 14.7 Å². The van der Waals surface area contributed by atoms with Gasteiger partial charge in [-0.25, -0.2) is 0 Å². The third-order valence-corrected chi connectivity index (χ3v) is 6.20.